The van der Waals surface area contributed by atoms with E-state index in [0.717, 1.165) is 0 Å². The van der Waals surface area contributed by atoms with E-state index in [2.05, 4.69) is 0 Å². The van der Waals surface area contributed by atoms with Crippen LogP contribution in [0.3, 0.4) is 0 Å². The molecular weight excluding hydrogens is 291 g/mol. The van der Waals surface area contributed by atoms with Crippen LogP contribution in [0.5, 0.6) is 5.75 Å². The molecule has 1 heterocycles. The molecule has 0 aliphatic carbocycles. The van der Waals surface area contributed by atoms with Crippen molar-refractivity contribution < 1.29 is 13.5 Å². The molecule has 0 saturated carbocycles. The molecule has 2 aromatic carbocycles. The average molecular weight is 302 g/mol. The highest BCUT2D eigenvalue weighted by Crippen LogP contribution is 2.29. The molecule has 0 aliphatic rings. The maximum absolute atomic E-state index is 13.2. The Kier molecular flexibility index (Phi) is 3.66. The van der Waals surface area contributed by atoms with E-state index in [1.54, 1.807) is 30.3 Å². The maximum atomic E-state index is 13.2. The molecule has 0 amide bonds. The molecule has 0 aliphatic heterocycles. The standard InChI is InChI=1S/C16H11FO3S/c1-19-11-5-6-15-13(8-11)14(18)9-16(20-15)21-12-4-2-3-10(17)7-12/h2-9H,1H3. The predicted octanol–water partition coefficient (Wildman–Crippen LogP) is 4.09. The number of fused-ring (bicyclic) bond motifs is 1. The molecule has 0 spiro atoms. The molecule has 0 bridgehead atoms. The van der Waals surface area contributed by atoms with E-state index in [9.17, 15) is 9.18 Å². The first kappa shape index (κ1) is 13.7. The summed E-state index contributed by atoms with van der Waals surface area (Å²) in [5.74, 6) is 0.271. The lowest BCUT2D eigenvalue weighted by Crippen LogP contribution is -2.00. The van der Waals surface area contributed by atoms with Crippen LogP contribution < -0.4 is 10.2 Å². The molecule has 3 rings (SSSR count). The van der Waals surface area contributed by atoms with Gasteiger partial charge in [-0.05, 0) is 36.4 Å². The molecule has 5 heteroatoms. The van der Waals surface area contributed by atoms with Gasteiger partial charge in [0.25, 0.3) is 0 Å². The van der Waals surface area contributed by atoms with Gasteiger partial charge in [0.05, 0.1) is 12.5 Å². The second-order valence-electron chi connectivity index (χ2n) is 4.35. The molecule has 106 valence electrons. The first-order chi connectivity index (χ1) is 10.2. The lowest BCUT2D eigenvalue weighted by atomic mass is 10.2. The van der Waals surface area contributed by atoms with E-state index in [-0.39, 0.29) is 11.2 Å². The van der Waals surface area contributed by atoms with Crippen molar-refractivity contribution in [3.8, 4) is 5.75 Å². The third-order valence-corrected chi connectivity index (χ3v) is 3.82. The number of ether oxygens (including phenoxy) is 1. The lowest BCUT2D eigenvalue weighted by molar-refractivity contribution is 0.414. The van der Waals surface area contributed by atoms with Crippen molar-refractivity contribution >= 4 is 22.7 Å². The SMILES string of the molecule is COc1ccc2oc(Sc3cccc(F)c3)cc(=O)c2c1. The molecule has 1 aromatic heterocycles. The molecule has 0 unspecified atom stereocenters. The quantitative estimate of drug-likeness (QED) is 0.730. The van der Waals surface area contributed by atoms with Crippen LogP contribution in [-0.4, -0.2) is 7.11 Å². The summed E-state index contributed by atoms with van der Waals surface area (Å²) in [5.41, 5.74) is 0.316. The summed E-state index contributed by atoms with van der Waals surface area (Å²) in [7, 11) is 1.54. The molecule has 0 fully saturated rings. The first-order valence-electron chi connectivity index (χ1n) is 6.21. The van der Waals surface area contributed by atoms with Crippen molar-refractivity contribution in [2.75, 3.05) is 7.11 Å². The van der Waals surface area contributed by atoms with Crippen molar-refractivity contribution in [2.45, 2.75) is 9.99 Å². The summed E-state index contributed by atoms with van der Waals surface area (Å²) in [6.07, 6.45) is 0. The third kappa shape index (κ3) is 2.92. The fourth-order valence-electron chi connectivity index (χ4n) is 1.94. The summed E-state index contributed by atoms with van der Waals surface area (Å²) < 4.78 is 23.9. The van der Waals surface area contributed by atoms with Crippen LogP contribution in [0.25, 0.3) is 11.0 Å². The van der Waals surface area contributed by atoms with E-state index in [4.69, 9.17) is 9.15 Å². The van der Waals surface area contributed by atoms with Crippen LogP contribution in [0, 0.1) is 5.82 Å². The van der Waals surface area contributed by atoms with Gasteiger partial charge in [0.2, 0.25) is 0 Å². The van der Waals surface area contributed by atoms with Gasteiger partial charge in [0.15, 0.2) is 10.5 Å². The molecule has 3 nitrogen and oxygen atoms in total. The van der Waals surface area contributed by atoms with Gasteiger partial charge in [-0.15, -0.1) is 0 Å². The molecule has 3 aromatic rings. The molecule has 0 saturated heterocycles. The Bertz CT molecular complexity index is 858. The van der Waals surface area contributed by atoms with E-state index < -0.39 is 0 Å². The zero-order valence-corrected chi connectivity index (χ0v) is 11.9. The number of benzene rings is 2. The molecule has 0 N–H and O–H groups in total. The summed E-state index contributed by atoms with van der Waals surface area (Å²) in [5, 5.41) is 0.876. The summed E-state index contributed by atoms with van der Waals surface area (Å²) >= 11 is 1.20. The smallest absolute Gasteiger partial charge is 0.194 e. The van der Waals surface area contributed by atoms with Crippen molar-refractivity contribution in [1.82, 2.24) is 0 Å². The second-order valence-corrected chi connectivity index (χ2v) is 5.43. The lowest BCUT2D eigenvalue weighted by Gasteiger charge is -2.04. The number of hydrogen-bond donors (Lipinski definition) is 0. The number of rotatable bonds is 3. The average Bonchev–Trinajstić information content (AvgIpc) is 2.47. The Labute approximate surface area is 124 Å². The largest absolute Gasteiger partial charge is 0.497 e. The van der Waals surface area contributed by atoms with Crippen LogP contribution in [0.15, 0.2) is 67.7 Å². The van der Waals surface area contributed by atoms with Gasteiger partial charge < -0.3 is 9.15 Å². The van der Waals surface area contributed by atoms with Gasteiger partial charge in [-0.2, -0.15) is 0 Å². The van der Waals surface area contributed by atoms with Gasteiger partial charge in [-0.25, -0.2) is 4.39 Å². The Morgan fingerprint density at radius 3 is 2.76 bits per heavy atom. The molecular formula is C16H11FO3S. The van der Waals surface area contributed by atoms with Crippen molar-refractivity contribution in [1.29, 1.82) is 0 Å². The zero-order valence-electron chi connectivity index (χ0n) is 11.1. The van der Waals surface area contributed by atoms with Gasteiger partial charge in [-0.3, -0.25) is 4.79 Å². The predicted molar refractivity (Wildman–Crippen MR) is 79.6 cm³/mol. The monoisotopic (exact) mass is 302 g/mol. The Morgan fingerprint density at radius 1 is 1.14 bits per heavy atom. The summed E-state index contributed by atoms with van der Waals surface area (Å²) in [4.78, 5) is 12.8. The zero-order chi connectivity index (χ0) is 14.8. The maximum Gasteiger partial charge on any atom is 0.194 e. The third-order valence-electron chi connectivity index (χ3n) is 2.93. The Hall–Kier alpha value is -2.27. The van der Waals surface area contributed by atoms with Crippen LogP contribution in [0.1, 0.15) is 0 Å². The van der Waals surface area contributed by atoms with Gasteiger partial charge in [-0.1, -0.05) is 17.8 Å². The number of halogens is 1. The highest BCUT2D eigenvalue weighted by molar-refractivity contribution is 7.99. The minimum atomic E-state index is -0.326. The van der Waals surface area contributed by atoms with E-state index >= 15 is 0 Å². The minimum Gasteiger partial charge on any atom is -0.497 e. The van der Waals surface area contributed by atoms with Gasteiger partial charge in [0.1, 0.15) is 17.1 Å². The van der Waals surface area contributed by atoms with Crippen LogP contribution in [0.4, 0.5) is 4.39 Å². The summed E-state index contributed by atoms with van der Waals surface area (Å²) in [6, 6.07) is 12.6. The van der Waals surface area contributed by atoms with Crippen LogP contribution in [0.2, 0.25) is 0 Å². The normalized spacial score (nSPS) is 10.8. The number of hydrogen-bond acceptors (Lipinski definition) is 4. The molecule has 21 heavy (non-hydrogen) atoms. The fourth-order valence-corrected chi connectivity index (χ4v) is 2.79. The van der Waals surface area contributed by atoms with Crippen molar-refractivity contribution in [3.05, 3.63) is 64.6 Å². The van der Waals surface area contributed by atoms with E-state index in [1.807, 2.05) is 0 Å². The fraction of sp³-hybridized carbons (Fsp3) is 0.0625. The summed E-state index contributed by atoms with van der Waals surface area (Å²) in [6.45, 7) is 0. The van der Waals surface area contributed by atoms with Crippen LogP contribution >= 0.6 is 11.8 Å². The van der Waals surface area contributed by atoms with Crippen LogP contribution in [-0.2, 0) is 0 Å². The van der Waals surface area contributed by atoms with Crippen molar-refractivity contribution in [3.63, 3.8) is 0 Å². The minimum absolute atomic E-state index is 0.158. The molecule has 0 radical (unpaired) electrons. The highest BCUT2D eigenvalue weighted by atomic mass is 32.2. The van der Waals surface area contributed by atoms with Gasteiger partial charge in [0, 0.05) is 11.0 Å². The highest BCUT2D eigenvalue weighted by Gasteiger charge is 2.08. The topological polar surface area (TPSA) is 39.4 Å². The van der Waals surface area contributed by atoms with Gasteiger partial charge >= 0.3 is 0 Å². The molecule has 0 atom stereocenters. The van der Waals surface area contributed by atoms with Crippen molar-refractivity contribution in [2.24, 2.45) is 0 Å². The van der Waals surface area contributed by atoms with E-state index in [0.29, 0.717) is 26.7 Å². The van der Waals surface area contributed by atoms with E-state index in [1.165, 1.54) is 37.1 Å². The Balaban J connectivity index is 2.03. The second kappa shape index (κ2) is 5.61. The first-order valence-corrected chi connectivity index (χ1v) is 7.03. The Morgan fingerprint density at radius 2 is 2.00 bits per heavy atom. The number of methoxy groups -OCH3 is 1.